The molecule has 1 unspecified atom stereocenters. The summed E-state index contributed by atoms with van der Waals surface area (Å²) in [7, 11) is 1.56. The minimum atomic E-state index is -0.708. The molecule has 1 amide bonds. The second-order valence-corrected chi connectivity index (χ2v) is 8.78. The molecule has 0 radical (unpaired) electrons. The standard InChI is InChI=1S/C27H24ClNO6/c1-3-4-11-34-21-9-7-16(13-22(21)32-2)24-23-25(30)19-14-17(28)8-10-20(19)35-26(23)27(31)29(24)15-18-6-5-12-33-18/h5-10,12-14,24H,3-4,11,15H2,1-2H3. The Kier molecular flexibility index (Phi) is 6.26. The Labute approximate surface area is 206 Å². The molecule has 2 aromatic carbocycles. The van der Waals surface area contributed by atoms with Crippen LogP contribution in [0.25, 0.3) is 11.0 Å². The van der Waals surface area contributed by atoms with Crippen molar-refractivity contribution in [3.63, 3.8) is 0 Å². The molecule has 1 aliphatic heterocycles. The highest BCUT2D eigenvalue weighted by Crippen LogP contribution is 2.42. The molecule has 0 aliphatic carbocycles. The topological polar surface area (TPSA) is 82.1 Å². The van der Waals surface area contributed by atoms with E-state index < -0.39 is 11.9 Å². The molecule has 8 heteroatoms. The number of nitrogens with zero attached hydrogens (tertiary/aromatic N) is 1. The lowest BCUT2D eigenvalue weighted by atomic mass is 9.98. The average molecular weight is 494 g/mol. The van der Waals surface area contributed by atoms with Crippen LogP contribution in [0.15, 0.2) is 68.4 Å². The summed E-state index contributed by atoms with van der Waals surface area (Å²) < 4.78 is 22.9. The van der Waals surface area contributed by atoms with Gasteiger partial charge >= 0.3 is 0 Å². The van der Waals surface area contributed by atoms with E-state index in [2.05, 4.69) is 6.92 Å². The maximum Gasteiger partial charge on any atom is 0.291 e. The number of furan rings is 1. The van der Waals surface area contributed by atoms with E-state index in [0.29, 0.717) is 45.4 Å². The van der Waals surface area contributed by atoms with E-state index in [1.807, 2.05) is 6.07 Å². The number of carbonyl (C=O) groups excluding carboxylic acids is 1. The van der Waals surface area contributed by atoms with Crippen LogP contribution in [-0.2, 0) is 6.54 Å². The van der Waals surface area contributed by atoms with E-state index in [1.54, 1.807) is 60.7 Å². The Bertz CT molecular complexity index is 1440. The Morgan fingerprint density at radius 3 is 2.69 bits per heavy atom. The predicted molar refractivity (Wildman–Crippen MR) is 131 cm³/mol. The number of benzene rings is 2. The van der Waals surface area contributed by atoms with Crippen LogP contribution in [0.5, 0.6) is 11.5 Å². The fourth-order valence-electron chi connectivity index (χ4n) is 4.37. The fourth-order valence-corrected chi connectivity index (χ4v) is 4.54. The zero-order valence-corrected chi connectivity index (χ0v) is 20.1. The van der Waals surface area contributed by atoms with Crippen LogP contribution >= 0.6 is 11.6 Å². The number of hydrogen-bond acceptors (Lipinski definition) is 6. The normalized spacial score (nSPS) is 15.0. The minimum absolute atomic E-state index is 0.0172. The number of ether oxygens (including phenoxy) is 2. The average Bonchev–Trinajstić information content (AvgIpc) is 3.47. The number of halogens is 1. The van der Waals surface area contributed by atoms with Gasteiger partial charge in [-0.15, -0.1) is 0 Å². The Morgan fingerprint density at radius 1 is 1.09 bits per heavy atom. The van der Waals surface area contributed by atoms with Crippen LogP contribution < -0.4 is 14.9 Å². The first kappa shape index (κ1) is 23.1. The lowest BCUT2D eigenvalue weighted by Crippen LogP contribution is -2.29. The van der Waals surface area contributed by atoms with Gasteiger partial charge < -0.3 is 23.2 Å². The molecule has 0 spiro atoms. The minimum Gasteiger partial charge on any atom is -0.493 e. The smallest absolute Gasteiger partial charge is 0.291 e. The second kappa shape index (κ2) is 9.50. The van der Waals surface area contributed by atoms with Gasteiger partial charge in [0.05, 0.1) is 43.5 Å². The zero-order valence-electron chi connectivity index (χ0n) is 19.4. The summed E-state index contributed by atoms with van der Waals surface area (Å²) in [6.45, 7) is 2.82. The summed E-state index contributed by atoms with van der Waals surface area (Å²) in [5, 5.41) is 0.730. The summed E-state index contributed by atoms with van der Waals surface area (Å²) in [5.41, 5.74) is 0.962. The first-order chi connectivity index (χ1) is 17.0. The third kappa shape index (κ3) is 4.17. The lowest BCUT2D eigenvalue weighted by molar-refractivity contribution is 0.0701. The number of carbonyl (C=O) groups is 1. The molecule has 1 atom stereocenters. The van der Waals surface area contributed by atoms with Gasteiger partial charge in [-0.05, 0) is 54.4 Å². The quantitative estimate of drug-likeness (QED) is 0.281. The summed E-state index contributed by atoms with van der Waals surface area (Å²) in [6, 6.07) is 13.1. The summed E-state index contributed by atoms with van der Waals surface area (Å²) in [4.78, 5) is 28.8. The molecule has 35 heavy (non-hydrogen) atoms. The third-order valence-corrected chi connectivity index (χ3v) is 6.33. The van der Waals surface area contributed by atoms with Gasteiger partial charge in [0.2, 0.25) is 5.76 Å². The van der Waals surface area contributed by atoms with Crippen molar-refractivity contribution in [3.05, 3.63) is 92.7 Å². The van der Waals surface area contributed by atoms with Gasteiger partial charge in [-0.25, -0.2) is 0 Å². The first-order valence-corrected chi connectivity index (χ1v) is 11.8. The van der Waals surface area contributed by atoms with Gasteiger partial charge in [-0.2, -0.15) is 0 Å². The van der Waals surface area contributed by atoms with E-state index >= 15 is 0 Å². The van der Waals surface area contributed by atoms with Gasteiger partial charge in [0.1, 0.15) is 11.3 Å². The van der Waals surface area contributed by atoms with Crippen LogP contribution in [0.3, 0.4) is 0 Å². The summed E-state index contributed by atoms with van der Waals surface area (Å²) >= 11 is 6.16. The third-order valence-electron chi connectivity index (χ3n) is 6.09. The highest BCUT2D eigenvalue weighted by Gasteiger charge is 2.43. The largest absolute Gasteiger partial charge is 0.493 e. The number of hydrogen-bond donors (Lipinski definition) is 0. The molecule has 1 aliphatic rings. The van der Waals surface area contributed by atoms with E-state index in [4.69, 9.17) is 29.9 Å². The van der Waals surface area contributed by atoms with Gasteiger partial charge in [0, 0.05) is 5.02 Å². The monoisotopic (exact) mass is 493 g/mol. The van der Waals surface area contributed by atoms with Crippen molar-refractivity contribution in [2.24, 2.45) is 0 Å². The number of unbranched alkanes of at least 4 members (excludes halogenated alkanes) is 1. The molecule has 3 heterocycles. The second-order valence-electron chi connectivity index (χ2n) is 8.34. The highest BCUT2D eigenvalue weighted by atomic mass is 35.5. The molecule has 7 nitrogen and oxygen atoms in total. The molecule has 0 saturated carbocycles. The van der Waals surface area contributed by atoms with Gasteiger partial charge in [0.15, 0.2) is 16.9 Å². The van der Waals surface area contributed by atoms with E-state index in [-0.39, 0.29) is 23.3 Å². The van der Waals surface area contributed by atoms with E-state index in [9.17, 15) is 9.59 Å². The van der Waals surface area contributed by atoms with Gasteiger partial charge in [-0.3, -0.25) is 9.59 Å². The zero-order chi connectivity index (χ0) is 24.5. The Hall–Kier alpha value is -3.71. The lowest BCUT2D eigenvalue weighted by Gasteiger charge is -2.25. The number of methoxy groups -OCH3 is 1. The number of amides is 1. The number of fused-ring (bicyclic) bond motifs is 2. The van der Waals surface area contributed by atoms with Crippen molar-refractivity contribution in [2.75, 3.05) is 13.7 Å². The van der Waals surface area contributed by atoms with Gasteiger partial charge in [-0.1, -0.05) is 31.0 Å². The van der Waals surface area contributed by atoms with Crippen molar-refractivity contribution in [1.29, 1.82) is 0 Å². The molecule has 2 aromatic heterocycles. The van der Waals surface area contributed by atoms with Crippen LogP contribution in [0.4, 0.5) is 0 Å². The van der Waals surface area contributed by atoms with Crippen molar-refractivity contribution >= 4 is 28.5 Å². The van der Waals surface area contributed by atoms with Crippen molar-refractivity contribution in [3.8, 4) is 11.5 Å². The van der Waals surface area contributed by atoms with E-state index in [0.717, 1.165) is 12.8 Å². The molecule has 5 rings (SSSR count). The molecule has 0 fully saturated rings. The summed E-state index contributed by atoms with van der Waals surface area (Å²) in [6.07, 6.45) is 3.48. The Morgan fingerprint density at radius 2 is 1.94 bits per heavy atom. The van der Waals surface area contributed by atoms with E-state index in [1.165, 1.54) is 0 Å². The fraction of sp³-hybridized carbons (Fsp3) is 0.259. The molecule has 0 N–H and O–H groups in total. The highest BCUT2D eigenvalue weighted by molar-refractivity contribution is 6.31. The molecule has 0 bridgehead atoms. The molecular weight excluding hydrogens is 470 g/mol. The van der Waals surface area contributed by atoms with Gasteiger partial charge in [0.25, 0.3) is 5.91 Å². The first-order valence-electron chi connectivity index (χ1n) is 11.4. The maximum atomic E-state index is 13.7. The van der Waals surface area contributed by atoms with Crippen LogP contribution in [-0.4, -0.2) is 24.5 Å². The molecule has 180 valence electrons. The van der Waals surface area contributed by atoms with Crippen molar-refractivity contribution in [2.45, 2.75) is 32.4 Å². The summed E-state index contributed by atoms with van der Waals surface area (Å²) in [5.74, 6) is 1.33. The molecule has 4 aromatic rings. The van der Waals surface area contributed by atoms with Crippen LogP contribution in [0.2, 0.25) is 5.02 Å². The van der Waals surface area contributed by atoms with Crippen LogP contribution in [0.1, 0.15) is 53.2 Å². The molecular formula is C27H24ClNO6. The maximum absolute atomic E-state index is 13.7. The number of rotatable bonds is 8. The predicted octanol–water partition coefficient (Wildman–Crippen LogP) is 5.97. The SMILES string of the molecule is CCCCOc1ccc(C2c3c(oc4ccc(Cl)cc4c3=O)C(=O)N2Cc2ccco2)cc1OC. The van der Waals surface area contributed by atoms with Crippen molar-refractivity contribution < 1.29 is 23.1 Å². The Balaban J connectivity index is 1.66. The molecule has 0 saturated heterocycles. The van der Waals surface area contributed by atoms with Crippen molar-refractivity contribution in [1.82, 2.24) is 4.90 Å². The van der Waals surface area contributed by atoms with Crippen LogP contribution in [0, 0.1) is 0 Å².